The van der Waals surface area contributed by atoms with Gasteiger partial charge in [0.25, 0.3) is 0 Å². The Balaban J connectivity index is 2.69. The maximum atomic E-state index is 13.4. The minimum atomic E-state index is -0.993. The first-order chi connectivity index (χ1) is 8.52. The summed E-state index contributed by atoms with van der Waals surface area (Å²) in [6, 6.07) is 2.67. The van der Waals surface area contributed by atoms with Gasteiger partial charge in [0.15, 0.2) is 0 Å². The van der Waals surface area contributed by atoms with Crippen LogP contribution in [-0.4, -0.2) is 23.5 Å². The van der Waals surface area contributed by atoms with E-state index in [1.54, 1.807) is 0 Å². The molecule has 0 aliphatic carbocycles. The number of nitrogens with one attached hydrogen (secondary N) is 1. The van der Waals surface area contributed by atoms with Crippen molar-refractivity contribution in [2.45, 2.75) is 25.3 Å². The molecule has 98 valence electrons. The fourth-order valence-corrected chi connectivity index (χ4v) is 1.59. The Bertz CT molecular complexity index is 437. The SMILES string of the molecule is O=CNC(CCC(=O)O)Cc1ccc(F)cc1F. The van der Waals surface area contributed by atoms with E-state index in [0.29, 0.717) is 6.41 Å². The molecule has 1 atom stereocenters. The second-order valence-electron chi connectivity index (χ2n) is 3.85. The van der Waals surface area contributed by atoms with Crippen molar-refractivity contribution in [3.8, 4) is 0 Å². The summed E-state index contributed by atoms with van der Waals surface area (Å²) in [6.45, 7) is 0. The highest BCUT2D eigenvalue weighted by Crippen LogP contribution is 2.13. The molecule has 0 heterocycles. The highest BCUT2D eigenvalue weighted by molar-refractivity contribution is 5.66. The van der Waals surface area contributed by atoms with Crippen LogP contribution in [0.2, 0.25) is 0 Å². The molecule has 0 bridgehead atoms. The molecule has 6 heteroatoms. The third-order valence-electron chi connectivity index (χ3n) is 2.49. The molecule has 4 nitrogen and oxygen atoms in total. The van der Waals surface area contributed by atoms with Crippen molar-refractivity contribution < 1.29 is 23.5 Å². The number of halogens is 2. The average Bonchev–Trinajstić information content (AvgIpc) is 2.29. The molecule has 1 aromatic carbocycles. The molecule has 0 saturated heterocycles. The van der Waals surface area contributed by atoms with Gasteiger partial charge in [0.05, 0.1) is 0 Å². The van der Waals surface area contributed by atoms with Gasteiger partial charge in [0.1, 0.15) is 11.6 Å². The first kappa shape index (κ1) is 14.1. The van der Waals surface area contributed by atoms with E-state index in [0.717, 1.165) is 12.1 Å². The van der Waals surface area contributed by atoms with E-state index in [2.05, 4.69) is 5.32 Å². The van der Waals surface area contributed by atoms with Crippen LogP contribution in [0.4, 0.5) is 8.78 Å². The Morgan fingerprint density at radius 3 is 2.72 bits per heavy atom. The molecule has 0 spiro atoms. The van der Waals surface area contributed by atoms with Crippen molar-refractivity contribution in [2.75, 3.05) is 0 Å². The smallest absolute Gasteiger partial charge is 0.303 e. The van der Waals surface area contributed by atoms with E-state index >= 15 is 0 Å². The van der Waals surface area contributed by atoms with Crippen molar-refractivity contribution in [1.29, 1.82) is 0 Å². The van der Waals surface area contributed by atoms with Gasteiger partial charge in [-0.1, -0.05) is 6.07 Å². The molecule has 0 aliphatic heterocycles. The number of carbonyl (C=O) groups excluding carboxylic acids is 1. The lowest BCUT2D eigenvalue weighted by Crippen LogP contribution is -2.31. The van der Waals surface area contributed by atoms with Crippen LogP contribution in [0, 0.1) is 11.6 Å². The predicted molar refractivity (Wildman–Crippen MR) is 59.9 cm³/mol. The maximum Gasteiger partial charge on any atom is 0.303 e. The van der Waals surface area contributed by atoms with Crippen molar-refractivity contribution in [2.24, 2.45) is 0 Å². The number of carboxylic acids is 1. The molecular weight excluding hydrogens is 244 g/mol. The molecule has 0 fully saturated rings. The second-order valence-corrected chi connectivity index (χ2v) is 3.85. The highest BCUT2D eigenvalue weighted by atomic mass is 19.1. The third-order valence-corrected chi connectivity index (χ3v) is 2.49. The molecule has 0 aliphatic rings. The summed E-state index contributed by atoms with van der Waals surface area (Å²) in [6.07, 6.45) is 0.616. The Labute approximate surface area is 103 Å². The topological polar surface area (TPSA) is 66.4 Å². The normalized spacial score (nSPS) is 11.9. The molecule has 0 saturated carbocycles. The number of hydrogen-bond donors (Lipinski definition) is 2. The summed E-state index contributed by atoms with van der Waals surface area (Å²) in [5, 5.41) is 11.0. The van der Waals surface area contributed by atoms with Crippen LogP contribution in [0.1, 0.15) is 18.4 Å². The Hall–Kier alpha value is -1.98. The molecule has 18 heavy (non-hydrogen) atoms. The highest BCUT2D eigenvalue weighted by Gasteiger charge is 2.13. The summed E-state index contributed by atoms with van der Waals surface area (Å²) < 4.78 is 26.1. The van der Waals surface area contributed by atoms with E-state index in [4.69, 9.17) is 5.11 Å². The van der Waals surface area contributed by atoms with Crippen LogP contribution in [0.5, 0.6) is 0 Å². The van der Waals surface area contributed by atoms with E-state index in [1.807, 2.05) is 0 Å². The summed E-state index contributed by atoms with van der Waals surface area (Å²) in [5.41, 5.74) is 0.237. The van der Waals surface area contributed by atoms with Crippen LogP contribution >= 0.6 is 0 Å². The van der Waals surface area contributed by atoms with Crippen molar-refractivity contribution in [3.63, 3.8) is 0 Å². The van der Waals surface area contributed by atoms with Crippen LogP contribution in [-0.2, 0) is 16.0 Å². The van der Waals surface area contributed by atoms with Crippen LogP contribution in [0.25, 0.3) is 0 Å². The van der Waals surface area contributed by atoms with E-state index in [-0.39, 0.29) is 24.8 Å². The standard InChI is InChI=1S/C12H13F2NO3/c13-9-2-1-8(11(14)6-9)5-10(15-7-16)3-4-12(17)18/h1-2,6-7,10H,3-5H2,(H,15,16)(H,17,18). The summed E-state index contributed by atoms with van der Waals surface area (Å²) in [4.78, 5) is 20.8. The first-order valence-corrected chi connectivity index (χ1v) is 5.38. The lowest BCUT2D eigenvalue weighted by atomic mass is 10.0. The molecule has 1 unspecified atom stereocenters. The van der Waals surface area contributed by atoms with Gasteiger partial charge in [-0.2, -0.15) is 0 Å². The Morgan fingerprint density at radius 2 is 2.17 bits per heavy atom. The molecule has 0 aromatic heterocycles. The van der Waals surface area contributed by atoms with Gasteiger partial charge in [-0.15, -0.1) is 0 Å². The van der Waals surface area contributed by atoms with Gasteiger partial charge in [0, 0.05) is 18.5 Å². The lowest BCUT2D eigenvalue weighted by molar-refractivity contribution is -0.137. The van der Waals surface area contributed by atoms with Gasteiger partial charge in [-0.25, -0.2) is 8.78 Å². The molecule has 0 radical (unpaired) electrons. The summed E-state index contributed by atoms with van der Waals surface area (Å²) >= 11 is 0. The van der Waals surface area contributed by atoms with Gasteiger partial charge < -0.3 is 10.4 Å². The quantitative estimate of drug-likeness (QED) is 0.727. The third kappa shape index (κ3) is 4.48. The number of carboxylic acid groups (broad SMARTS) is 1. The zero-order valence-electron chi connectivity index (χ0n) is 9.53. The minimum absolute atomic E-state index is 0.123. The van der Waals surface area contributed by atoms with Gasteiger partial charge in [-0.05, 0) is 24.5 Å². The van der Waals surface area contributed by atoms with E-state index < -0.39 is 23.6 Å². The Kier molecular flexibility index (Phi) is 5.23. The average molecular weight is 257 g/mol. The first-order valence-electron chi connectivity index (χ1n) is 5.38. The number of rotatable bonds is 7. The van der Waals surface area contributed by atoms with Crippen LogP contribution in [0.3, 0.4) is 0 Å². The molecule has 2 N–H and O–H groups in total. The minimum Gasteiger partial charge on any atom is -0.481 e. The van der Waals surface area contributed by atoms with Crippen molar-refractivity contribution in [3.05, 3.63) is 35.4 Å². The van der Waals surface area contributed by atoms with Gasteiger partial charge in [-0.3, -0.25) is 9.59 Å². The molecule has 1 amide bonds. The van der Waals surface area contributed by atoms with E-state index in [1.165, 1.54) is 6.07 Å². The Morgan fingerprint density at radius 1 is 1.44 bits per heavy atom. The molecular formula is C12H13F2NO3. The number of amides is 1. The maximum absolute atomic E-state index is 13.4. The van der Waals surface area contributed by atoms with Gasteiger partial charge in [0.2, 0.25) is 6.41 Å². The summed E-state index contributed by atoms with van der Waals surface area (Å²) in [5.74, 6) is -2.38. The second kappa shape index (κ2) is 6.68. The van der Waals surface area contributed by atoms with Crippen LogP contribution < -0.4 is 5.32 Å². The van der Waals surface area contributed by atoms with E-state index in [9.17, 15) is 18.4 Å². The number of hydrogen-bond acceptors (Lipinski definition) is 2. The fraction of sp³-hybridized carbons (Fsp3) is 0.333. The number of benzene rings is 1. The largest absolute Gasteiger partial charge is 0.481 e. The lowest BCUT2D eigenvalue weighted by Gasteiger charge is -2.15. The number of aliphatic carboxylic acids is 1. The van der Waals surface area contributed by atoms with Crippen molar-refractivity contribution >= 4 is 12.4 Å². The molecule has 1 rings (SSSR count). The van der Waals surface area contributed by atoms with Crippen molar-refractivity contribution in [1.82, 2.24) is 5.32 Å². The number of carbonyl (C=O) groups is 2. The molecule has 1 aromatic rings. The summed E-state index contributed by atoms with van der Waals surface area (Å²) in [7, 11) is 0. The van der Waals surface area contributed by atoms with Crippen LogP contribution in [0.15, 0.2) is 18.2 Å². The monoisotopic (exact) mass is 257 g/mol. The van der Waals surface area contributed by atoms with Gasteiger partial charge >= 0.3 is 5.97 Å². The zero-order valence-corrected chi connectivity index (χ0v) is 9.53. The fourth-order valence-electron chi connectivity index (χ4n) is 1.59. The predicted octanol–water partition coefficient (Wildman–Crippen LogP) is 1.49. The zero-order chi connectivity index (χ0) is 13.5.